The first-order valence-electron chi connectivity index (χ1n) is 7.37. The van der Waals surface area contributed by atoms with Gasteiger partial charge >= 0.3 is 0 Å². The summed E-state index contributed by atoms with van der Waals surface area (Å²) >= 11 is 0. The zero-order valence-corrected chi connectivity index (χ0v) is 13.4. The molecule has 1 amide bonds. The van der Waals surface area contributed by atoms with Crippen molar-refractivity contribution < 1.29 is 19.4 Å². The van der Waals surface area contributed by atoms with Gasteiger partial charge in [0.1, 0.15) is 17.2 Å². The van der Waals surface area contributed by atoms with Crippen molar-refractivity contribution in [3.8, 4) is 17.2 Å². The van der Waals surface area contributed by atoms with Crippen molar-refractivity contribution in [1.82, 2.24) is 0 Å². The second-order valence-electron chi connectivity index (χ2n) is 5.27. The second-order valence-corrected chi connectivity index (χ2v) is 5.27. The minimum atomic E-state index is -0.409. The fourth-order valence-corrected chi connectivity index (χ4v) is 2.49. The molecule has 5 nitrogen and oxygen atoms in total. The molecule has 122 valence electrons. The highest BCUT2D eigenvalue weighted by Gasteiger charge is 2.14. The first kappa shape index (κ1) is 15.7. The van der Waals surface area contributed by atoms with Gasteiger partial charge in [0.15, 0.2) is 0 Å². The molecular formula is C19H17NO4. The third-order valence-corrected chi connectivity index (χ3v) is 3.72. The molecule has 0 saturated carbocycles. The average molecular weight is 323 g/mol. The average Bonchev–Trinajstić information content (AvgIpc) is 2.60. The van der Waals surface area contributed by atoms with Crippen LogP contribution in [-0.4, -0.2) is 25.2 Å². The van der Waals surface area contributed by atoms with Gasteiger partial charge in [-0.2, -0.15) is 0 Å². The van der Waals surface area contributed by atoms with Crippen LogP contribution in [0.5, 0.6) is 17.2 Å². The van der Waals surface area contributed by atoms with Crippen LogP contribution < -0.4 is 14.8 Å². The zero-order valence-electron chi connectivity index (χ0n) is 13.4. The molecule has 0 aliphatic rings. The van der Waals surface area contributed by atoms with Gasteiger partial charge < -0.3 is 19.9 Å². The molecule has 2 N–H and O–H groups in total. The Morgan fingerprint density at radius 1 is 0.917 bits per heavy atom. The Bertz CT molecular complexity index is 883. The number of carbonyl (C=O) groups is 1. The number of phenols is 1. The summed E-state index contributed by atoms with van der Waals surface area (Å²) in [7, 11) is 3.07. The van der Waals surface area contributed by atoms with Crippen LogP contribution in [0.25, 0.3) is 10.8 Å². The van der Waals surface area contributed by atoms with Gasteiger partial charge in [-0.05, 0) is 22.9 Å². The first-order chi connectivity index (χ1) is 11.6. The zero-order chi connectivity index (χ0) is 17.1. The Kier molecular flexibility index (Phi) is 4.24. The fraction of sp³-hybridized carbons (Fsp3) is 0.105. The molecule has 24 heavy (non-hydrogen) atoms. The largest absolute Gasteiger partial charge is 0.507 e. The number of fused-ring (bicyclic) bond motifs is 1. The van der Waals surface area contributed by atoms with Gasteiger partial charge in [-0.15, -0.1) is 0 Å². The summed E-state index contributed by atoms with van der Waals surface area (Å²) in [6.07, 6.45) is 0. The van der Waals surface area contributed by atoms with E-state index in [1.807, 2.05) is 24.3 Å². The highest BCUT2D eigenvalue weighted by molar-refractivity contribution is 6.08. The Morgan fingerprint density at radius 2 is 1.50 bits per heavy atom. The SMILES string of the molecule is COc1cc(NC(=O)c2cc3ccccc3cc2O)cc(OC)c1. The number of aromatic hydroxyl groups is 1. The Hall–Kier alpha value is -3.21. The van der Waals surface area contributed by atoms with Crippen molar-refractivity contribution in [2.45, 2.75) is 0 Å². The Morgan fingerprint density at radius 3 is 2.08 bits per heavy atom. The smallest absolute Gasteiger partial charge is 0.259 e. The van der Waals surface area contributed by atoms with Crippen LogP contribution in [0.2, 0.25) is 0 Å². The summed E-state index contributed by atoms with van der Waals surface area (Å²) in [5.41, 5.74) is 0.722. The van der Waals surface area contributed by atoms with Gasteiger partial charge in [-0.3, -0.25) is 4.79 Å². The standard InChI is InChI=1S/C19H17NO4/c1-23-15-9-14(10-16(11-15)24-2)20-19(22)17-7-12-5-3-4-6-13(12)8-18(17)21/h3-11,21H,1-2H3,(H,20,22). The number of methoxy groups -OCH3 is 2. The van der Waals surface area contributed by atoms with Crippen molar-refractivity contribution in [1.29, 1.82) is 0 Å². The first-order valence-corrected chi connectivity index (χ1v) is 7.37. The molecule has 0 aliphatic carbocycles. The number of nitrogens with one attached hydrogen (secondary N) is 1. The minimum absolute atomic E-state index is 0.0685. The maximum Gasteiger partial charge on any atom is 0.259 e. The lowest BCUT2D eigenvalue weighted by Crippen LogP contribution is -2.12. The van der Waals surface area contributed by atoms with E-state index in [9.17, 15) is 9.90 Å². The van der Waals surface area contributed by atoms with E-state index in [2.05, 4.69) is 5.32 Å². The van der Waals surface area contributed by atoms with Crippen molar-refractivity contribution in [2.24, 2.45) is 0 Å². The van der Waals surface area contributed by atoms with E-state index in [-0.39, 0.29) is 11.3 Å². The van der Waals surface area contributed by atoms with E-state index in [1.165, 1.54) is 14.2 Å². The predicted molar refractivity (Wildman–Crippen MR) is 93.1 cm³/mol. The van der Waals surface area contributed by atoms with Crippen LogP contribution in [0.3, 0.4) is 0 Å². The summed E-state index contributed by atoms with van der Waals surface area (Å²) < 4.78 is 10.4. The Balaban J connectivity index is 1.94. The number of amides is 1. The summed E-state index contributed by atoms with van der Waals surface area (Å²) in [6, 6.07) is 15.8. The van der Waals surface area contributed by atoms with Crippen LogP contribution in [-0.2, 0) is 0 Å². The molecular weight excluding hydrogens is 306 g/mol. The number of hydrogen-bond acceptors (Lipinski definition) is 4. The highest BCUT2D eigenvalue weighted by Crippen LogP contribution is 2.28. The van der Waals surface area contributed by atoms with Crippen molar-refractivity contribution in [3.05, 3.63) is 60.2 Å². The number of phenolic OH excluding ortho intramolecular Hbond substituents is 1. The summed E-state index contributed by atoms with van der Waals surface area (Å²) in [5.74, 6) is 0.648. The maximum atomic E-state index is 12.5. The summed E-state index contributed by atoms with van der Waals surface area (Å²) in [5, 5.41) is 14.7. The molecule has 0 spiro atoms. The monoisotopic (exact) mass is 323 g/mol. The number of hydrogen-bond donors (Lipinski definition) is 2. The lowest BCUT2D eigenvalue weighted by atomic mass is 10.1. The fourth-order valence-electron chi connectivity index (χ4n) is 2.49. The molecule has 0 bridgehead atoms. The van der Waals surface area contributed by atoms with Crippen LogP contribution in [0.4, 0.5) is 5.69 Å². The van der Waals surface area contributed by atoms with Gasteiger partial charge in [-0.25, -0.2) is 0 Å². The number of anilines is 1. The Labute approximate surface area is 139 Å². The van der Waals surface area contributed by atoms with Gasteiger partial charge in [0.05, 0.1) is 19.8 Å². The van der Waals surface area contributed by atoms with Gasteiger partial charge in [0.25, 0.3) is 5.91 Å². The van der Waals surface area contributed by atoms with Gasteiger partial charge in [0, 0.05) is 23.9 Å². The van der Waals surface area contributed by atoms with Crippen LogP contribution >= 0.6 is 0 Å². The second kappa shape index (κ2) is 6.50. The quantitative estimate of drug-likeness (QED) is 0.766. The number of rotatable bonds is 4. The molecule has 0 radical (unpaired) electrons. The molecule has 0 fully saturated rings. The highest BCUT2D eigenvalue weighted by atomic mass is 16.5. The maximum absolute atomic E-state index is 12.5. The number of carbonyl (C=O) groups excluding carboxylic acids is 1. The molecule has 3 aromatic rings. The van der Waals surface area contributed by atoms with Crippen LogP contribution in [0.15, 0.2) is 54.6 Å². The predicted octanol–water partition coefficient (Wildman–Crippen LogP) is 3.81. The lowest BCUT2D eigenvalue weighted by molar-refractivity contribution is 0.102. The number of ether oxygens (including phenoxy) is 2. The molecule has 5 heteroatoms. The van der Waals surface area contributed by atoms with E-state index in [1.54, 1.807) is 30.3 Å². The normalized spacial score (nSPS) is 10.4. The number of benzene rings is 3. The van der Waals surface area contributed by atoms with Crippen molar-refractivity contribution in [2.75, 3.05) is 19.5 Å². The van der Waals surface area contributed by atoms with E-state index >= 15 is 0 Å². The molecule has 0 aliphatic heterocycles. The third kappa shape index (κ3) is 3.10. The molecule has 3 aromatic carbocycles. The third-order valence-electron chi connectivity index (χ3n) is 3.72. The molecule has 3 rings (SSSR count). The van der Waals surface area contributed by atoms with E-state index in [0.717, 1.165) is 10.8 Å². The van der Waals surface area contributed by atoms with E-state index < -0.39 is 5.91 Å². The van der Waals surface area contributed by atoms with Gasteiger partial charge in [0.2, 0.25) is 0 Å². The van der Waals surface area contributed by atoms with E-state index in [0.29, 0.717) is 17.2 Å². The molecule has 0 heterocycles. The molecule has 0 aromatic heterocycles. The van der Waals surface area contributed by atoms with Crippen molar-refractivity contribution >= 4 is 22.4 Å². The minimum Gasteiger partial charge on any atom is -0.507 e. The molecule has 0 unspecified atom stereocenters. The summed E-state index contributed by atoms with van der Waals surface area (Å²) in [6.45, 7) is 0. The van der Waals surface area contributed by atoms with Gasteiger partial charge in [-0.1, -0.05) is 24.3 Å². The topological polar surface area (TPSA) is 67.8 Å². The molecule has 0 atom stereocenters. The summed E-state index contributed by atoms with van der Waals surface area (Å²) in [4.78, 5) is 12.5. The van der Waals surface area contributed by atoms with E-state index in [4.69, 9.17) is 9.47 Å². The molecule has 0 saturated heterocycles. The van der Waals surface area contributed by atoms with Crippen molar-refractivity contribution in [3.63, 3.8) is 0 Å². The lowest BCUT2D eigenvalue weighted by Gasteiger charge is -2.11. The van der Waals surface area contributed by atoms with Crippen LogP contribution in [0.1, 0.15) is 10.4 Å². The van der Waals surface area contributed by atoms with Crippen LogP contribution in [0, 0.1) is 0 Å².